The Morgan fingerprint density at radius 2 is 1.89 bits per heavy atom. The summed E-state index contributed by atoms with van der Waals surface area (Å²) in [6, 6.07) is 7.06. The summed E-state index contributed by atoms with van der Waals surface area (Å²) in [5.74, 6) is -0.703. The van der Waals surface area contributed by atoms with Crippen LogP contribution in [0.2, 0.25) is 0 Å². The molecule has 27 heavy (non-hydrogen) atoms. The maximum absolute atomic E-state index is 12.8. The van der Waals surface area contributed by atoms with E-state index in [1.54, 1.807) is 19.1 Å². The lowest BCUT2D eigenvalue weighted by molar-refractivity contribution is -0.274. The molecule has 0 bridgehead atoms. The molecular weight excluding hydrogens is 365 g/mol. The topological polar surface area (TPSA) is 97.5 Å². The summed E-state index contributed by atoms with van der Waals surface area (Å²) in [4.78, 5) is 29.9. The number of ether oxygens (including phenoxy) is 1. The predicted molar refractivity (Wildman–Crippen MR) is 89.9 cm³/mol. The van der Waals surface area contributed by atoms with Crippen molar-refractivity contribution in [2.75, 3.05) is 10.6 Å². The zero-order chi connectivity index (χ0) is 19.8. The van der Waals surface area contributed by atoms with E-state index in [4.69, 9.17) is 5.73 Å². The quantitative estimate of drug-likeness (QED) is 0.795. The van der Waals surface area contributed by atoms with Crippen LogP contribution in [0, 0.1) is 0 Å². The molecule has 1 aliphatic rings. The summed E-state index contributed by atoms with van der Waals surface area (Å²) in [6.07, 6.45) is -3.16. The summed E-state index contributed by atoms with van der Waals surface area (Å²) < 4.78 is 40.5. The largest absolute Gasteiger partial charge is 0.573 e. The fourth-order valence-electron chi connectivity index (χ4n) is 2.85. The number of anilines is 2. The van der Waals surface area contributed by atoms with E-state index in [2.05, 4.69) is 15.0 Å². The molecule has 142 valence electrons. The van der Waals surface area contributed by atoms with Gasteiger partial charge in [0.2, 0.25) is 0 Å². The van der Waals surface area contributed by atoms with Gasteiger partial charge >= 0.3 is 12.4 Å². The van der Waals surface area contributed by atoms with E-state index in [1.807, 2.05) is 0 Å². The van der Waals surface area contributed by atoms with Crippen LogP contribution < -0.4 is 20.7 Å². The van der Waals surface area contributed by atoms with Gasteiger partial charge in [-0.1, -0.05) is 0 Å². The SMILES string of the molecule is CC1(Cc2ccnc(N)c2)NC(=O)N(c2ccc(OC(F)(F)F)cc2)C1=O. The molecule has 3 N–H and O–H groups in total. The van der Waals surface area contributed by atoms with Crippen LogP contribution >= 0.6 is 0 Å². The van der Waals surface area contributed by atoms with Crippen LogP contribution in [0.4, 0.5) is 29.5 Å². The van der Waals surface area contributed by atoms with E-state index in [1.165, 1.54) is 18.3 Å². The second-order valence-electron chi connectivity index (χ2n) is 6.21. The number of rotatable bonds is 4. The molecule has 1 aromatic carbocycles. The van der Waals surface area contributed by atoms with Gasteiger partial charge in [0, 0.05) is 12.6 Å². The Hall–Kier alpha value is -3.30. The number of hydrogen-bond acceptors (Lipinski definition) is 5. The molecule has 0 saturated carbocycles. The summed E-state index contributed by atoms with van der Waals surface area (Å²) in [6.45, 7) is 1.56. The molecule has 2 aromatic rings. The number of urea groups is 1. The zero-order valence-electron chi connectivity index (χ0n) is 14.1. The van der Waals surface area contributed by atoms with Gasteiger partial charge in [0.15, 0.2) is 0 Å². The van der Waals surface area contributed by atoms with Crippen molar-refractivity contribution < 1.29 is 27.5 Å². The minimum Gasteiger partial charge on any atom is -0.406 e. The molecule has 0 radical (unpaired) electrons. The Balaban J connectivity index is 1.81. The first kappa shape index (κ1) is 18.5. The molecule has 1 fully saturated rings. The molecule has 0 spiro atoms. The number of nitrogens with zero attached hydrogens (tertiary/aromatic N) is 2. The third kappa shape index (κ3) is 3.94. The van der Waals surface area contributed by atoms with Gasteiger partial charge in [-0.15, -0.1) is 13.2 Å². The number of nitrogens with one attached hydrogen (secondary N) is 1. The zero-order valence-corrected chi connectivity index (χ0v) is 14.1. The molecule has 10 heteroatoms. The van der Waals surface area contributed by atoms with Gasteiger partial charge < -0.3 is 15.8 Å². The van der Waals surface area contributed by atoms with Gasteiger partial charge in [-0.3, -0.25) is 4.79 Å². The number of alkyl halides is 3. The first-order chi connectivity index (χ1) is 12.6. The number of benzene rings is 1. The van der Waals surface area contributed by atoms with Gasteiger partial charge in [0.05, 0.1) is 5.69 Å². The average Bonchev–Trinajstić information content (AvgIpc) is 2.76. The smallest absolute Gasteiger partial charge is 0.406 e. The highest BCUT2D eigenvalue weighted by Gasteiger charge is 2.48. The summed E-state index contributed by atoms with van der Waals surface area (Å²) >= 11 is 0. The van der Waals surface area contributed by atoms with Crippen LogP contribution in [0.15, 0.2) is 42.6 Å². The van der Waals surface area contributed by atoms with E-state index >= 15 is 0 Å². The first-order valence-corrected chi connectivity index (χ1v) is 7.80. The second-order valence-corrected chi connectivity index (χ2v) is 6.21. The number of halogens is 3. The van der Waals surface area contributed by atoms with E-state index < -0.39 is 29.6 Å². The van der Waals surface area contributed by atoms with Crippen molar-refractivity contribution in [1.82, 2.24) is 10.3 Å². The lowest BCUT2D eigenvalue weighted by Crippen LogP contribution is -2.46. The normalized spacial score (nSPS) is 19.9. The van der Waals surface area contributed by atoms with Gasteiger partial charge in [-0.25, -0.2) is 14.7 Å². The molecular formula is C17H15F3N4O3. The maximum Gasteiger partial charge on any atom is 0.573 e. The molecule has 1 atom stereocenters. The van der Waals surface area contributed by atoms with Crippen molar-refractivity contribution in [2.24, 2.45) is 0 Å². The number of carbonyl (C=O) groups excluding carboxylic acids is 2. The molecule has 1 aromatic heterocycles. The second kappa shape index (κ2) is 6.45. The maximum atomic E-state index is 12.8. The van der Waals surface area contributed by atoms with Crippen LogP contribution in [0.5, 0.6) is 5.75 Å². The highest BCUT2D eigenvalue weighted by molar-refractivity contribution is 6.23. The van der Waals surface area contributed by atoms with Crippen LogP contribution in [0.1, 0.15) is 12.5 Å². The van der Waals surface area contributed by atoms with Crippen LogP contribution in [-0.2, 0) is 11.2 Å². The first-order valence-electron chi connectivity index (χ1n) is 7.80. The Kier molecular flexibility index (Phi) is 4.42. The van der Waals surface area contributed by atoms with Crippen LogP contribution in [-0.4, -0.2) is 28.8 Å². The van der Waals surface area contributed by atoms with Crippen molar-refractivity contribution in [3.05, 3.63) is 48.2 Å². The number of imide groups is 1. The van der Waals surface area contributed by atoms with Crippen molar-refractivity contribution in [3.63, 3.8) is 0 Å². The van der Waals surface area contributed by atoms with Gasteiger partial charge in [0.25, 0.3) is 5.91 Å². The molecule has 3 amide bonds. The lowest BCUT2D eigenvalue weighted by atomic mass is 9.93. The number of pyridine rings is 1. The molecule has 1 unspecified atom stereocenters. The Labute approximate surface area is 151 Å². The molecule has 1 saturated heterocycles. The van der Waals surface area contributed by atoms with E-state index in [0.29, 0.717) is 5.56 Å². The third-order valence-electron chi connectivity index (χ3n) is 3.99. The standard InChI is InChI=1S/C17H15F3N4O3/c1-16(9-10-6-7-22-13(21)8-10)14(25)24(15(26)23-16)11-2-4-12(5-3-11)27-17(18,19)20/h2-8H,9H2,1H3,(H2,21,22)(H,23,26). The van der Waals surface area contributed by atoms with Crippen molar-refractivity contribution in [3.8, 4) is 5.75 Å². The summed E-state index contributed by atoms with van der Waals surface area (Å²) in [7, 11) is 0. The molecule has 2 heterocycles. The Bertz CT molecular complexity index is 886. The molecule has 1 aliphatic heterocycles. The number of nitrogen functional groups attached to an aromatic ring is 1. The Morgan fingerprint density at radius 1 is 1.22 bits per heavy atom. The van der Waals surface area contributed by atoms with Crippen molar-refractivity contribution in [2.45, 2.75) is 25.2 Å². The monoisotopic (exact) mass is 380 g/mol. The fourth-order valence-corrected chi connectivity index (χ4v) is 2.85. The van der Waals surface area contributed by atoms with Gasteiger partial charge in [-0.2, -0.15) is 0 Å². The number of hydrogen-bond donors (Lipinski definition) is 2. The van der Waals surface area contributed by atoms with Gasteiger partial charge in [0.1, 0.15) is 17.1 Å². The van der Waals surface area contributed by atoms with Crippen LogP contribution in [0.3, 0.4) is 0 Å². The van der Waals surface area contributed by atoms with E-state index in [0.717, 1.165) is 17.0 Å². The summed E-state index contributed by atoms with van der Waals surface area (Å²) in [5.41, 5.74) is 5.23. The third-order valence-corrected chi connectivity index (χ3v) is 3.99. The van der Waals surface area contributed by atoms with Gasteiger partial charge in [-0.05, 0) is 48.9 Å². The highest BCUT2D eigenvalue weighted by atomic mass is 19.4. The van der Waals surface area contributed by atoms with Crippen LogP contribution in [0.25, 0.3) is 0 Å². The summed E-state index contributed by atoms with van der Waals surface area (Å²) in [5, 5.41) is 2.61. The van der Waals surface area contributed by atoms with E-state index in [-0.39, 0.29) is 17.9 Å². The highest BCUT2D eigenvalue weighted by Crippen LogP contribution is 2.30. The molecule has 0 aliphatic carbocycles. The lowest BCUT2D eigenvalue weighted by Gasteiger charge is -2.22. The minimum absolute atomic E-state index is 0.130. The van der Waals surface area contributed by atoms with E-state index in [9.17, 15) is 22.8 Å². The Morgan fingerprint density at radius 3 is 2.48 bits per heavy atom. The fraction of sp³-hybridized carbons (Fsp3) is 0.235. The molecule has 7 nitrogen and oxygen atoms in total. The molecule has 3 rings (SSSR count). The minimum atomic E-state index is -4.83. The van der Waals surface area contributed by atoms with Crippen molar-refractivity contribution in [1.29, 1.82) is 0 Å². The number of nitrogens with two attached hydrogens (primary N) is 1. The average molecular weight is 380 g/mol. The number of carbonyl (C=O) groups is 2. The number of amides is 3. The predicted octanol–water partition coefficient (Wildman–Crippen LogP) is 2.62. The number of aromatic nitrogens is 1. The van der Waals surface area contributed by atoms with Crippen molar-refractivity contribution >= 4 is 23.4 Å².